The summed E-state index contributed by atoms with van der Waals surface area (Å²) in [5.41, 5.74) is 10.7. The monoisotopic (exact) mass is 691 g/mol. The third kappa shape index (κ3) is 3.95. The van der Waals surface area contributed by atoms with Crippen molar-refractivity contribution in [2.45, 2.75) is 0 Å². The summed E-state index contributed by atoms with van der Waals surface area (Å²) in [6.07, 6.45) is 0. The lowest BCUT2D eigenvalue weighted by molar-refractivity contribution is 0.659. The first kappa shape index (κ1) is 29.2. The molecule has 0 fully saturated rings. The summed E-state index contributed by atoms with van der Waals surface area (Å²) in [6, 6.07) is 61.1. The molecule has 0 bridgehead atoms. The molecule has 0 N–H and O–H groups in total. The standard InChI is InChI=1S/C49H29N3O2/c53-49-39-28-31(51-43-18-8-3-13-35(43)36-14-4-9-19-44(36)51)22-25-47(39)54-48-26-23-32(29-40(48)49)52-45-20-10-5-15-37(45)38-27-30(21-24-46(38)52)50-41-16-6-1-11-33(41)34-12-2-7-17-42(34)50/h1-29H. The van der Waals surface area contributed by atoms with Gasteiger partial charge in [0.1, 0.15) is 11.2 Å². The Hall–Kier alpha value is -7.37. The SMILES string of the molecule is O=c1c2cc(-n3c4ccccc4c4ccccc43)ccc2oc2ccc(-n3c4ccccc4c4cc(-n5c6ccccc6c6ccccc65)ccc43)cc12. The van der Waals surface area contributed by atoms with E-state index in [1.807, 2.05) is 30.3 Å². The van der Waals surface area contributed by atoms with Crippen LogP contribution in [0.4, 0.5) is 0 Å². The minimum atomic E-state index is -0.0508. The third-order valence-corrected chi connectivity index (χ3v) is 11.2. The van der Waals surface area contributed by atoms with E-state index in [1.54, 1.807) is 0 Å². The van der Waals surface area contributed by atoms with Crippen LogP contribution in [0.15, 0.2) is 185 Å². The predicted molar refractivity (Wildman–Crippen MR) is 223 cm³/mol. The highest BCUT2D eigenvalue weighted by Crippen LogP contribution is 2.38. The van der Waals surface area contributed by atoms with Gasteiger partial charge in [-0.15, -0.1) is 0 Å². The summed E-state index contributed by atoms with van der Waals surface area (Å²) in [7, 11) is 0. The second-order valence-corrected chi connectivity index (χ2v) is 14.1. The molecule has 0 atom stereocenters. The van der Waals surface area contributed by atoms with E-state index < -0.39 is 0 Å². The molecule has 0 radical (unpaired) electrons. The highest BCUT2D eigenvalue weighted by molar-refractivity contribution is 6.13. The molecule has 5 nitrogen and oxygen atoms in total. The van der Waals surface area contributed by atoms with E-state index in [9.17, 15) is 4.79 Å². The lowest BCUT2D eigenvalue weighted by atomic mass is 10.1. The molecule has 4 aromatic heterocycles. The quantitative estimate of drug-likeness (QED) is 0.173. The highest BCUT2D eigenvalue weighted by atomic mass is 16.3. The van der Waals surface area contributed by atoms with Gasteiger partial charge in [-0.1, -0.05) is 91.0 Å². The molecule has 0 saturated carbocycles. The summed E-state index contributed by atoms with van der Waals surface area (Å²) in [4.78, 5) is 14.5. The molecule has 12 aromatic rings. The summed E-state index contributed by atoms with van der Waals surface area (Å²) in [6.45, 7) is 0. The van der Waals surface area contributed by atoms with Crippen molar-refractivity contribution in [3.05, 3.63) is 186 Å². The largest absolute Gasteiger partial charge is 0.456 e. The van der Waals surface area contributed by atoms with Crippen LogP contribution in [-0.4, -0.2) is 13.7 Å². The maximum Gasteiger partial charge on any atom is 0.200 e. The maximum atomic E-state index is 14.5. The number of para-hydroxylation sites is 5. The van der Waals surface area contributed by atoms with Crippen molar-refractivity contribution >= 4 is 87.4 Å². The molecule has 0 aliphatic rings. The van der Waals surface area contributed by atoms with Gasteiger partial charge in [-0.05, 0) is 84.9 Å². The first-order valence-corrected chi connectivity index (χ1v) is 18.2. The van der Waals surface area contributed by atoms with E-state index in [0.29, 0.717) is 21.9 Å². The van der Waals surface area contributed by atoms with Gasteiger partial charge in [-0.25, -0.2) is 0 Å². The van der Waals surface area contributed by atoms with E-state index in [4.69, 9.17) is 4.42 Å². The molecule has 0 spiro atoms. The Balaban J connectivity index is 1.06. The summed E-state index contributed by atoms with van der Waals surface area (Å²) in [5, 5.41) is 8.22. The van der Waals surface area contributed by atoms with E-state index >= 15 is 0 Å². The van der Waals surface area contributed by atoms with Gasteiger partial charge < -0.3 is 18.1 Å². The highest BCUT2D eigenvalue weighted by Gasteiger charge is 2.18. The van der Waals surface area contributed by atoms with Crippen LogP contribution in [0.2, 0.25) is 0 Å². The molecule has 4 heterocycles. The van der Waals surface area contributed by atoms with E-state index in [-0.39, 0.29) is 5.43 Å². The first-order chi connectivity index (χ1) is 26.7. The Morgan fingerprint density at radius 3 is 0.981 bits per heavy atom. The van der Waals surface area contributed by atoms with Gasteiger partial charge in [0.15, 0.2) is 0 Å². The molecule has 54 heavy (non-hydrogen) atoms. The normalized spacial score (nSPS) is 12.1. The van der Waals surface area contributed by atoms with Crippen LogP contribution in [0, 0.1) is 0 Å². The number of benzene rings is 8. The van der Waals surface area contributed by atoms with E-state index in [2.05, 4.69) is 159 Å². The molecule has 0 saturated heterocycles. The number of nitrogens with zero attached hydrogens (tertiary/aromatic N) is 3. The Morgan fingerprint density at radius 2 is 0.593 bits per heavy atom. The number of fused-ring (bicyclic) bond motifs is 11. The van der Waals surface area contributed by atoms with Gasteiger partial charge >= 0.3 is 0 Å². The zero-order valence-corrected chi connectivity index (χ0v) is 28.9. The smallest absolute Gasteiger partial charge is 0.200 e. The maximum absolute atomic E-state index is 14.5. The van der Waals surface area contributed by atoms with Crippen LogP contribution in [0.3, 0.4) is 0 Å². The van der Waals surface area contributed by atoms with Gasteiger partial charge in [-0.2, -0.15) is 0 Å². The van der Waals surface area contributed by atoms with Gasteiger partial charge in [0, 0.05) is 49.4 Å². The Labute approximate surface area is 307 Å². The third-order valence-electron chi connectivity index (χ3n) is 11.2. The fraction of sp³-hybridized carbons (Fsp3) is 0. The fourth-order valence-corrected chi connectivity index (χ4v) is 8.89. The topological polar surface area (TPSA) is 45.0 Å². The molecule has 0 amide bonds. The van der Waals surface area contributed by atoms with Crippen molar-refractivity contribution in [2.24, 2.45) is 0 Å². The van der Waals surface area contributed by atoms with Crippen LogP contribution in [0.25, 0.3) is 104 Å². The summed E-state index contributed by atoms with van der Waals surface area (Å²) < 4.78 is 13.3. The predicted octanol–water partition coefficient (Wildman–Crippen LogP) is 12.2. The minimum absolute atomic E-state index is 0.0508. The van der Waals surface area contributed by atoms with Crippen molar-refractivity contribution in [3.63, 3.8) is 0 Å². The summed E-state index contributed by atoms with van der Waals surface area (Å²) in [5.74, 6) is 0. The fourth-order valence-electron chi connectivity index (χ4n) is 8.89. The average molecular weight is 692 g/mol. The van der Waals surface area contributed by atoms with Crippen molar-refractivity contribution in [1.82, 2.24) is 13.7 Å². The molecule has 0 aliphatic carbocycles. The zero-order valence-electron chi connectivity index (χ0n) is 28.9. The Kier molecular flexibility index (Phi) is 5.86. The second-order valence-electron chi connectivity index (χ2n) is 14.1. The van der Waals surface area contributed by atoms with Crippen molar-refractivity contribution in [2.75, 3.05) is 0 Å². The van der Waals surface area contributed by atoms with Crippen molar-refractivity contribution in [3.8, 4) is 17.1 Å². The minimum Gasteiger partial charge on any atom is -0.456 e. The van der Waals surface area contributed by atoms with Crippen molar-refractivity contribution in [1.29, 1.82) is 0 Å². The van der Waals surface area contributed by atoms with Crippen LogP contribution in [-0.2, 0) is 0 Å². The molecule has 8 aromatic carbocycles. The Morgan fingerprint density at radius 1 is 0.296 bits per heavy atom. The molecule has 0 unspecified atom stereocenters. The summed E-state index contributed by atoms with van der Waals surface area (Å²) >= 11 is 0. The second kappa shape index (κ2) is 10.8. The van der Waals surface area contributed by atoms with Gasteiger partial charge in [-0.3, -0.25) is 4.79 Å². The molecular formula is C49H29N3O2. The van der Waals surface area contributed by atoms with Crippen LogP contribution < -0.4 is 5.43 Å². The number of hydrogen-bond acceptors (Lipinski definition) is 2. The van der Waals surface area contributed by atoms with Gasteiger partial charge in [0.2, 0.25) is 5.43 Å². The number of rotatable bonds is 3. The Bertz CT molecular complexity index is 3490. The number of hydrogen-bond donors (Lipinski definition) is 0. The van der Waals surface area contributed by atoms with Crippen LogP contribution >= 0.6 is 0 Å². The van der Waals surface area contributed by atoms with Gasteiger partial charge in [0.25, 0.3) is 0 Å². The molecule has 5 heteroatoms. The lowest BCUT2D eigenvalue weighted by Crippen LogP contribution is -2.05. The van der Waals surface area contributed by atoms with Crippen molar-refractivity contribution < 1.29 is 4.42 Å². The van der Waals surface area contributed by atoms with Crippen LogP contribution in [0.5, 0.6) is 0 Å². The van der Waals surface area contributed by atoms with Crippen LogP contribution in [0.1, 0.15) is 0 Å². The molecule has 252 valence electrons. The number of aromatic nitrogens is 3. The lowest BCUT2D eigenvalue weighted by Gasteiger charge is -2.12. The zero-order chi connectivity index (χ0) is 35.5. The first-order valence-electron chi connectivity index (χ1n) is 18.2. The van der Waals surface area contributed by atoms with Gasteiger partial charge in [0.05, 0.1) is 43.9 Å². The van der Waals surface area contributed by atoms with E-state index in [1.165, 1.54) is 32.6 Å². The molecular weight excluding hydrogens is 663 g/mol. The molecule has 0 aliphatic heterocycles. The molecule has 12 rings (SSSR count). The average Bonchev–Trinajstić information content (AvgIpc) is 3.86. The van der Waals surface area contributed by atoms with E-state index in [0.717, 1.165) is 49.9 Å².